The zero-order valence-electron chi connectivity index (χ0n) is 11.8. The topological polar surface area (TPSA) is 86.2 Å². The van der Waals surface area contributed by atoms with Gasteiger partial charge in [0, 0.05) is 6.92 Å². The van der Waals surface area contributed by atoms with Crippen molar-refractivity contribution in [3.63, 3.8) is 0 Å². The maximum Gasteiger partial charge on any atom is 0.343 e. The van der Waals surface area contributed by atoms with Crippen LogP contribution >= 0.6 is 22.6 Å². The molecular weight excluding hydrogens is 391 g/mol. The molecule has 1 aromatic carbocycles. The number of halogens is 1. The van der Waals surface area contributed by atoms with E-state index in [9.17, 15) is 9.59 Å². The van der Waals surface area contributed by atoms with Crippen molar-refractivity contribution in [3.05, 3.63) is 21.3 Å². The molecule has 8 heteroatoms. The second kappa shape index (κ2) is 8.45. The predicted molar refractivity (Wildman–Crippen MR) is 84.6 cm³/mol. The number of esters is 1. The maximum atomic E-state index is 11.1. The van der Waals surface area contributed by atoms with Crippen molar-refractivity contribution in [2.24, 2.45) is 5.10 Å². The van der Waals surface area contributed by atoms with E-state index in [1.54, 1.807) is 12.1 Å². The molecule has 114 valence electrons. The van der Waals surface area contributed by atoms with Gasteiger partial charge in [-0.05, 0) is 40.3 Å². The van der Waals surface area contributed by atoms with Crippen LogP contribution in [0.2, 0.25) is 0 Å². The maximum absolute atomic E-state index is 11.1. The zero-order valence-corrected chi connectivity index (χ0v) is 14.0. The molecule has 0 saturated carbocycles. The summed E-state index contributed by atoms with van der Waals surface area (Å²) >= 11 is 2.05. The largest absolute Gasteiger partial charge is 0.493 e. The van der Waals surface area contributed by atoms with Crippen LogP contribution in [0.5, 0.6) is 11.5 Å². The number of methoxy groups -OCH3 is 2. The van der Waals surface area contributed by atoms with Gasteiger partial charge in [0.2, 0.25) is 5.91 Å². The first kappa shape index (κ1) is 17.2. The second-order valence-electron chi connectivity index (χ2n) is 3.83. The molecule has 0 aromatic heterocycles. The summed E-state index contributed by atoms with van der Waals surface area (Å²) in [5, 5.41) is 3.78. The highest BCUT2D eigenvalue weighted by Crippen LogP contribution is 2.33. The number of nitrogens with one attached hydrogen (secondary N) is 1. The third kappa shape index (κ3) is 5.58. The minimum absolute atomic E-state index is 0.206. The van der Waals surface area contributed by atoms with E-state index in [0.717, 1.165) is 9.13 Å². The number of hydrazone groups is 1. The van der Waals surface area contributed by atoms with Crippen molar-refractivity contribution in [1.29, 1.82) is 0 Å². The van der Waals surface area contributed by atoms with Crippen molar-refractivity contribution in [2.75, 3.05) is 20.8 Å². The van der Waals surface area contributed by atoms with Gasteiger partial charge in [0.15, 0.2) is 18.1 Å². The van der Waals surface area contributed by atoms with Crippen LogP contribution in [0.25, 0.3) is 0 Å². The van der Waals surface area contributed by atoms with Crippen LogP contribution in [0.4, 0.5) is 0 Å². The summed E-state index contributed by atoms with van der Waals surface area (Å²) in [7, 11) is 2.78. The molecule has 0 atom stereocenters. The Hall–Kier alpha value is -1.84. The predicted octanol–water partition coefficient (Wildman–Crippen LogP) is 1.32. The van der Waals surface area contributed by atoms with Gasteiger partial charge in [0.25, 0.3) is 0 Å². The standard InChI is InChI=1S/C13H15IN2O5/c1-8(17)16-15-6-9-4-10(14)13(11(5-9)19-2)21-7-12(18)20-3/h4-6H,7H2,1-3H3,(H,16,17)/b15-6-. The summed E-state index contributed by atoms with van der Waals surface area (Å²) in [5.41, 5.74) is 3.03. The van der Waals surface area contributed by atoms with Gasteiger partial charge in [-0.15, -0.1) is 0 Å². The van der Waals surface area contributed by atoms with Gasteiger partial charge in [0.1, 0.15) is 0 Å². The van der Waals surface area contributed by atoms with Gasteiger partial charge in [-0.3, -0.25) is 4.79 Å². The Balaban J connectivity index is 2.93. The average Bonchev–Trinajstić information content (AvgIpc) is 2.44. The number of amides is 1. The van der Waals surface area contributed by atoms with E-state index < -0.39 is 5.97 Å². The van der Waals surface area contributed by atoms with Gasteiger partial charge in [-0.2, -0.15) is 5.10 Å². The summed E-state index contributed by atoms with van der Waals surface area (Å²) in [6.07, 6.45) is 1.48. The quantitative estimate of drug-likeness (QED) is 0.334. The first-order valence-corrected chi connectivity index (χ1v) is 6.92. The number of benzene rings is 1. The van der Waals surface area contributed by atoms with Gasteiger partial charge >= 0.3 is 5.97 Å². The zero-order chi connectivity index (χ0) is 15.8. The Morgan fingerprint density at radius 3 is 2.67 bits per heavy atom. The first-order valence-electron chi connectivity index (χ1n) is 5.84. The molecule has 21 heavy (non-hydrogen) atoms. The Morgan fingerprint density at radius 1 is 1.38 bits per heavy atom. The van der Waals surface area contributed by atoms with E-state index in [1.807, 2.05) is 0 Å². The van der Waals surface area contributed by atoms with Crippen molar-refractivity contribution in [1.82, 2.24) is 5.43 Å². The molecule has 0 heterocycles. The second-order valence-corrected chi connectivity index (χ2v) is 4.99. The van der Waals surface area contributed by atoms with Crippen molar-refractivity contribution in [3.8, 4) is 11.5 Å². The summed E-state index contributed by atoms with van der Waals surface area (Å²) in [6, 6.07) is 3.46. The fourth-order valence-corrected chi connectivity index (χ4v) is 2.12. The third-order valence-corrected chi connectivity index (χ3v) is 3.05. The first-order chi connectivity index (χ1) is 9.97. The fraction of sp³-hybridized carbons (Fsp3) is 0.308. The molecule has 0 unspecified atom stereocenters. The molecule has 1 rings (SSSR count). The lowest BCUT2D eigenvalue weighted by atomic mass is 10.2. The minimum Gasteiger partial charge on any atom is -0.493 e. The van der Waals surface area contributed by atoms with E-state index in [2.05, 4.69) is 37.9 Å². The summed E-state index contributed by atoms with van der Waals surface area (Å²) in [6.45, 7) is 1.16. The van der Waals surface area contributed by atoms with E-state index in [4.69, 9.17) is 9.47 Å². The number of carbonyl (C=O) groups is 2. The number of ether oxygens (including phenoxy) is 3. The highest BCUT2D eigenvalue weighted by molar-refractivity contribution is 14.1. The smallest absolute Gasteiger partial charge is 0.343 e. The average molecular weight is 406 g/mol. The van der Waals surface area contributed by atoms with Gasteiger partial charge in [-0.1, -0.05) is 0 Å². The van der Waals surface area contributed by atoms with Crippen LogP contribution in [-0.4, -0.2) is 38.9 Å². The molecule has 0 spiro atoms. The molecule has 0 radical (unpaired) electrons. The molecule has 7 nitrogen and oxygen atoms in total. The number of rotatable bonds is 6. The Kier molecular flexibility index (Phi) is 6.92. The van der Waals surface area contributed by atoms with E-state index in [0.29, 0.717) is 11.5 Å². The SMILES string of the molecule is COC(=O)COc1c(I)cc(/C=N\NC(C)=O)cc1OC. The van der Waals surface area contributed by atoms with E-state index in [1.165, 1.54) is 27.4 Å². The van der Waals surface area contributed by atoms with Gasteiger partial charge in [-0.25, -0.2) is 10.2 Å². The highest BCUT2D eigenvalue weighted by Gasteiger charge is 2.13. The van der Waals surface area contributed by atoms with E-state index in [-0.39, 0.29) is 12.5 Å². The van der Waals surface area contributed by atoms with Crippen LogP contribution in [0.1, 0.15) is 12.5 Å². The van der Waals surface area contributed by atoms with Crippen LogP contribution in [-0.2, 0) is 14.3 Å². The molecule has 0 fully saturated rings. The highest BCUT2D eigenvalue weighted by atomic mass is 127. The molecular formula is C13H15IN2O5. The van der Waals surface area contributed by atoms with Crippen LogP contribution in [0.3, 0.4) is 0 Å². The molecule has 1 amide bonds. The van der Waals surface area contributed by atoms with E-state index >= 15 is 0 Å². The van der Waals surface area contributed by atoms with Crippen LogP contribution in [0.15, 0.2) is 17.2 Å². The number of hydrogen-bond acceptors (Lipinski definition) is 6. The van der Waals surface area contributed by atoms with Gasteiger partial charge < -0.3 is 14.2 Å². The Bertz CT molecular complexity index is 560. The molecule has 0 aliphatic rings. The molecule has 0 bridgehead atoms. The summed E-state index contributed by atoms with van der Waals surface area (Å²) in [4.78, 5) is 21.9. The summed E-state index contributed by atoms with van der Waals surface area (Å²) < 4.78 is 15.9. The molecule has 0 aliphatic carbocycles. The van der Waals surface area contributed by atoms with Gasteiger partial charge in [0.05, 0.1) is 24.0 Å². The molecule has 0 saturated heterocycles. The number of hydrogen-bond donors (Lipinski definition) is 1. The third-order valence-electron chi connectivity index (χ3n) is 2.25. The molecule has 0 aliphatic heterocycles. The Morgan fingerprint density at radius 2 is 2.10 bits per heavy atom. The molecule has 1 aromatic rings. The lowest BCUT2D eigenvalue weighted by molar-refractivity contribution is -0.143. The normalized spacial score (nSPS) is 10.3. The number of carbonyl (C=O) groups excluding carboxylic acids is 2. The molecule has 1 N–H and O–H groups in total. The van der Waals surface area contributed by atoms with Crippen molar-refractivity contribution >= 4 is 40.7 Å². The number of nitrogens with zero attached hydrogens (tertiary/aromatic N) is 1. The Labute approximate surface area is 135 Å². The van der Waals surface area contributed by atoms with Crippen molar-refractivity contribution in [2.45, 2.75) is 6.92 Å². The summed E-state index contributed by atoms with van der Waals surface area (Å²) in [5.74, 6) is 0.158. The van der Waals surface area contributed by atoms with Crippen LogP contribution in [0, 0.1) is 3.57 Å². The lowest BCUT2D eigenvalue weighted by Crippen LogP contribution is -2.14. The van der Waals surface area contributed by atoms with Crippen LogP contribution < -0.4 is 14.9 Å². The minimum atomic E-state index is -0.482. The monoisotopic (exact) mass is 406 g/mol. The van der Waals surface area contributed by atoms with Crippen molar-refractivity contribution < 1.29 is 23.8 Å². The lowest BCUT2D eigenvalue weighted by Gasteiger charge is -2.12. The fourth-order valence-electron chi connectivity index (χ4n) is 1.34.